The Hall–Kier alpha value is -2.50. The fourth-order valence-electron chi connectivity index (χ4n) is 4.33. The predicted molar refractivity (Wildman–Crippen MR) is 103 cm³/mol. The second kappa shape index (κ2) is 7.28. The maximum atomic E-state index is 13.7. The standard InChI is InChI=1S/C21H21F2N3O5/c1-21(2)30-17-16(15(28)10-3-4-12(22)13(23)7-10)29-20(18(17)31-21)26-6-5-11-14(8-27)24-9-25-19(11)26/h3-7,9,15-18,20,27-28H,8H2,1-2H3/t15-,16-,17-,18-,20-/m1/s1. The minimum absolute atomic E-state index is 0.166. The van der Waals surface area contributed by atoms with Gasteiger partial charge in [0.1, 0.15) is 36.4 Å². The van der Waals surface area contributed by atoms with E-state index < -0.39 is 48.1 Å². The number of halogens is 2. The van der Waals surface area contributed by atoms with E-state index in [4.69, 9.17) is 14.2 Å². The molecule has 5 atom stereocenters. The largest absolute Gasteiger partial charge is 0.390 e. The van der Waals surface area contributed by atoms with Gasteiger partial charge in [-0.05, 0) is 37.6 Å². The zero-order valence-electron chi connectivity index (χ0n) is 16.8. The number of hydrogen-bond acceptors (Lipinski definition) is 7. The average Bonchev–Trinajstić information content (AvgIpc) is 3.39. The van der Waals surface area contributed by atoms with Gasteiger partial charge in [0.05, 0.1) is 12.3 Å². The molecule has 1 aromatic carbocycles. The Morgan fingerprint density at radius 1 is 1.13 bits per heavy atom. The molecule has 0 saturated carbocycles. The van der Waals surface area contributed by atoms with Gasteiger partial charge in [-0.3, -0.25) is 0 Å². The molecule has 0 aliphatic carbocycles. The minimum atomic E-state index is -1.28. The lowest BCUT2D eigenvalue weighted by Crippen LogP contribution is -2.34. The van der Waals surface area contributed by atoms with E-state index in [2.05, 4.69) is 9.97 Å². The summed E-state index contributed by atoms with van der Waals surface area (Å²) in [5.74, 6) is -2.99. The van der Waals surface area contributed by atoms with Crippen molar-refractivity contribution < 1.29 is 33.2 Å². The smallest absolute Gasteiger partial charge is 0.164 e. The fraction of sp³-hybridized carbons (Fsp3) is 0.429. The number of ether oxygens (including phenoxy) is 3. The summed E-state index contributed by atoms with van der Waals surface area (Å²) >= 11 is 0. The van der Waals surface area contributed by atoms with Gasteiger partial charge in [0, 0.05) is 11.6 Å². The highest BCUT2D eigenvalue weighted by molar-refractivity contribution is 5.78. The van der Waals surface area contributed by atoms with E-state index in [0.29, 0.717) is 16.7 Å². The molecule has 2 saturated heterocycles. The Morgan fingerprint density at radius 3 is 2.65 bits per heavy atom. The van der Waals surface area contributed by atoms with E-state index in [0.717, 1.165) is 12.1 Å². The summed E-state index contributed by atoms with van der Waals surface area (Å²) < 4.78 is 47.1. The Kier molecular flexibility index (Phi) is 4.79. The summed E-state index contributed by atoms with van der Waals surface area (Å²) in [5.41, 5.74) is 1.17. The molecule has 0 bridgehead atoms. The monoisotopic (exact) mass is 433 g/mol. The topological polar surface area (TPSA) is 98.9 Å². The van der Waals surface area contributed by atoms with Gasteiger partial charge in [-0.25, -0.2) is 18.7 Å². The first-order chi connectivity index (χ1) is 14.8. The summed E-state index contributed by atoms with van der Waals surface area (Å²) in [6.07, 6.45) is -1.08. The molecule has 8 nitrogen and oxygen atoms in total. The molecule has 0 radical (unpaired) electrons. The van der Waals surface area contributed by atoms with Crippen molar-refractivity contribution in [2.75, 3.05) is 0 Å². The number of hydrogen-bond donors (Lipinski definition) is 2. The predicted octanol–water partition coefficient (Wildman–Crippen LogP) is 2.35. The van der Waals surface area contributed by atoms with E-state index in [1.165, 1.54) is 12.4 Å². The number of aliphatic hydroxyl groups is 2. The van der Waals surface area contributed by atoms with Crippen molar-refractivity contribution in [2.24, 2.45) is 0 Å². The first kappa shape index (κ1) is 20.4. The fourth-order valence-corrected chi connectivity index (χ4v) is 4.33. The molecule has 10 heteroatoms. The van der Waals surface area contributed by atoms with E-state index in [1.54, 1.807) is 30.7 Å². The molecule has 0 spiro atoms. The molecule has 3 aromatic rings. The van der Waals surface area contributed by atoms with Crippen molar-refractivity contribution in [2.45, 2.75) is 56.9 Å². The summed E-state index contributed by atoms with van der Waals surface area (Å²) in [6, 6.07) is 4.97. The van der Waals surface area contributed by atoms with Gasteiger partial charge in [-0.1, -0.05) is 6.07 Å². The summed E-state index contributed by atoms with van der Waals surface area (Å²) in [7, 11) is 0. The highest BCUT2D eigenvalue weighted by Crippen LogP contribution is 2.47. The van der Waals surface area contributed by atoms with Crippen LogP contribution in [0.4, 0.5) is 8.78 Å². The van der Waals surface area contributed by atoms with Crippen LogP contribution in [-0.4, -0.2) is 48.8 Å². The maximum Gasteiger partial charge on any atom is 0.164 e. The molecule has 164 valence electrons. The zero-order chi connectivity index (χ0) is 21.9. The lowest BCUT2D eigenvalue weighted by Gasteiger charge is -2.27. The van der Waals surface area contributed by atoms with Gasteiger partial charge < -0.3 is 29.0 Å². The highest BCUT2D eigenvalue weighted by atomic mass is 19.2. The summed E-state index contributed by atoms with van der Waals surface area (Å²) in [6.45, 7) is 3.26. The van der Waals surface area contributed by atoms with E-state index >= 15 is 0 Å². The third-order valence-electron chi connectivity index (χ3n) is 5.68. The van der Waals surface area contributed by atoms with Gasteiger partial charge in [-0.2, -0.15) is 0 Å². The molecule has 0 unspecified atom stereocenters. The lowest BCUT2D eigenvalue weighted by molar-refractivity contribution is -0.207. The Morgan fingerprint density at radius 2 is 1.90 bits per heavy atom. The van der Waals surface area contributed by atoms with Crippen LogP contribution in [0.2, 0.25) is 0 Å². The Bertz CT molecular complexity index is 1140. The Labute approximate surface area is 176 Å². The van der Waals surface area contributed by atoms with Crippen molar-refractivity contribution in [3.63, 3.8) is 0 Å². The van der Waals surface area contributed by atoms with Gasteiger partial charge >= 0.3 is 0 Å². The van der Waals surface area contributed by atoms with E-state index in [-0.39, 0.29) is 12.2 Å². The van der Waals surface area contributed by atoms with Crippen molar-refractivity contribution in [3.05, 3.63) is 59.7 Å². The molecule has 2 aliphatic rings. The van der Waals surface area contributed by atoms with E-state index in [1.807, 2.05) is 0 Å². The zero-order valence-corrected chi connectivity index (χ0v) is 16.8. The van der Waals surface area contributed by atoms with E-state index in [9.17, 15) is 19.0 Å². The molecule has 0 amide bonds. The van der Waals surface area contributed by atoms with Gasteiger partial charge in [-0.15, -0.1) is 0 Å². The molecule has 2 aromatic heterocycles. The van der Waals surface area contributed by atoms with Crippen LogP contribution in [0, 0.1) is 11.6 Å². The first-order valence-electron chi connectivity index (χ1n) is 9.84. The quantitative estimate of drug-likeness (QED) is 0.652. The van der Waals surface area contributed by atoms with Crippen LogP contribution in [0.25, 0.3) is 11.0 Å². The molecular weight excluding hydrogens is 412 g/mol. The van der Waals surface area contributed by atoms with Gasteiger partial charge in [0.2, 0.25) is 0 Å². The van der Waals surface area contributed by atoms with Crippen LogP contribution >= 0.6 is 0 Å². The SMILES string of the molecule is CC1(C)O[C@H]2[C@@H](O1)[C@H](n1ccc3c(CO)ncnc31)O[C@@H]2[C@H](O)c1ccc(F)c(F)c1. The van der Waals surface area contributed by atoms with Crippen LogP contribution < -0.4 is 0 Å². The summed E-state index contributed by atoms with van der Waals surface area (Å²) in [4.78, 5) is 8.38. The number of nitrogens with zero attached hydrogens (tertiary/aromatic N) is 3. The molecule has 5 rings (SSSR count). The number of aliphatic hydroxyl groups excluding tert-OH is 2. The summed E-state index contributed by atoms with van der Waals surface area (Å²) in [5, 5.41) is 21.2. The normalized spacial score (nSPS) is 28.2. The van der Waals surface area contributed by atoms with Crippen LogP contribution in [-0.2, 0) is 20.8 Å². The third kappa shape index (κ3) is 3.31. The minimum Gasteiger partial charge on any atom is -0.390 e. The van der Waals surface area contributed by atoms with Gasteiger partial charge in [0.25, 0.3) is 0 Å². The lowest BCUT2D eigenvalue weighted by atomic mass is 9.99. The van der Waals surface area contributed by atoms with Crippen molar-refractivity contribution in [3.8, 4) is 0 Å². The van der Waals surface area contributed by atoms with Crippen LogP contribution in [0.15, 0.2) is 36.8 Å². The van der Waals surface area contributed by atoms with Crippen molar-refractivity contribution in [1.29, 1.82) is 0 Å². The second-order valence-corrected chi connectivity index (χ2v) is 8.11. The number of fused-ring (bicyclic) bond motifs is 2. The maximum absolute atomic E-state index is 13.7. The number of aromatic nitrogens is 3. The number of benzene rings is 1. The molecule has 2 N–H and O–H groups in total. The molecule has 31 heavy (non-hydrogen) atoms. The van der Waals surface area contributed by atoms with Crippen LogP contribution in [0.1, 0.15) is 37.4 Å². The van der Waals surface area contributed by atoms with Gasteiger partial charge in [0.15, 0.2) is 23.6 Å². The molecule has 2 fully saturated rings. The highest BCUT2D eigenvalue weighted by Gasteiger charge is 2.58. The number of rotatable bonds is 4. The van der Waals surface area contributed by atoms with Crippen molar-refractivity contribution >= 4 is 11.0 Å². The second-order valence-electron chi connectivity index (χ2n) is 8.11. The van der Waals surface area contributed by atoms with Crippen LogP contribution in [0.5, 0.6) is 0 Å². The first-order valence-corrected chi connectivity index (χ1v) is 9.84. The Balaban J connectivity index is 1.53. The third-order valence-corrected chi connectivity index (χ3v) is 5.68. The molecule has 2 aliphatic heterocycles. The van der Waals surface area contributed by atoms with Crippen molar-refractivity contribution in [1.82, 2.24) is 14.5 Å². The molecule has 4 heterocycles. The average molecular weight is 433 g/mol. The van der Waals surface area contributed by atoms with Crippen LogP contribution in [0.3, 0.4) is 0 Å². The molecular formula is C21H21F2N3O5.